The third kappa shape index (κ3) is 9.26. The predicted molar refractivity (Wildman–Crippen MR) is 123 cm³/mol. The van der Waals surface area contributed by atoms with E-state index in [0.29, 0.717) is 5.56 Å². The number of nitrogens with one attached hydrogen (secondary N) is 4. The number of halogens is 5. The van der Waals surface area contributed by atoms with Gasteiger partial charge in [-0.05, 0) is 18.4 Å². The van der Waals surface area contributed by atoms with Crippen LogP contribution in [0.2, 0.25) is 0 Å². The average molecular weight is 562 g/mol. The number of hydrogen-bond acceptors (Lipinski definition) is 6. The molecule has 1 aromatic carbocycles. The van der Waals surface area contributed by atoms with E-state index in [4.69, 9.17) is 0 Å². The highest BCUT2D eigenvalue weighted by Crippen LogP contribution is 2.37. The summed E-state index contributed by atoms with van der Waals surface area (Å²) in [5, 5.41) is 9.13. The molecule has 4 N–H and O–H groups in total. The van der Waals surface area contributed by atoms with Gasteiger partial charge in [-0.1, -0.05) is 30.3 Å². The molecule has 1 saturated carbocycles. The normalized spacial score (nSPS) is 20.2. The fraction of sp³-hybridized carbons (Fsp3) is 0.542. The first-order chi connectivity index (χ1) is 18.2. The van der Waals surface area contributed by atoms with Crippen molar-refractivity contribution in [1.82, 2.24) is 21.3 Å². The van der Waals surface area contributed by atoms with Gasteiger partial charge in [-0.15, -0.1) is 13.2 Å². The topological polar surface area (TPSA) is 143 Å². The number of carbonyl (C=O) groups excluding carboxylic acids is 5. The van der Waals surface area contributed by atoms with E-state index in [2.05, 4.69) is 26.0 Å². The summed E-state index contributed by atoms with van der Waals surface area (Å²) in [6.45, 7) is -1.14. The molecule has 214 valence electrons. The zero-order valence-corrected chi connectivity index (χ0v) is 20.5. The molecule has 0 spiro atoms. The lowest BCUT2D eigenvalue weighted by Crippen LogP contribution is -2.58. The second kappa shape index (κ2) is 12.5. The van der Waals surface area contributed by atoms with Crippen LogP contribution in [0.25, 0.3) is 0 Å². The Morgan fingerprint density at radius 2 is 1.69 bits per heavy atom. The first-order valence-electron chi connectivity index (χ1n) is 12.1. The standard InChI is InChI=1S/C24H27F5N4O6/c25-23(26)10-15(11-23)31-21(37)22(38)33-17(8-13-4-2-1-3-5-13)20(36)32-16(9-14-6-7-30-19(14)35)18(34)12-39-24(27,28)29/h1-5,14-17H,6-12H2,(H,30,35)(H,31,37)(H,32,36)(H,33,38)/t14-,16-,17-/m0/s1. The van der Waals surface area contributed by atoms with Crippen molar-refractivity contribution < 1.29 is 50.7 Å². The van der Waals surface area contributed by atoms with E-state index in [1.54, 1.807) is 30.3 Å². The molecule has 0 unspecified atom stereocenters. The zero-order chi connectivity index (χ0) is 28.8. The molecule has 0 radical (unpaired) electrons. The van der Waals surface area contributed by atoms with Crippen molar-refractivity contribution in [3.05, 3.63) is 35.9 Å². The molecule has 3 atom stereocenters. The fourth-order valence-electron chi connectivity index (χ4n) is 4.25. The quantitative estimate of drug-likeness (QED) is 0.232. The van der Waals surface area contributed by atoms with E-state index >= 15 is 0 Å². The number of ketones is 1. The molecular weight excluding hydrogens is 535 g/mol. The Labute approximate surface area is 219 Å². The van der Waals surface area contributed by atoms with Gasteiger partial charge in [0.15, 0.2) is 5.78 Å². The molecule has 39 heavy (non-hydrogen) atoms. The molecule has 1 heterocycles. The van der Waals surface area contributed by atoms with Gasteiger partial charge in [0, 0.05) is 37.8 Å². The highest BCUT2D eigenvalue weighted by molar-refractivity contribution is 6.35. The van der Waals surface area contributed by atoms with E-state index in [1.165, 1.54) is 0 Å². The molecular formula is C24H27F5N4O6. The van der Waals surface area contributed by atoms with Crippen LogP contribution < -0.4 is 21.3 Å². The second-order valence-corrected chi connectivity index (χ2v) is 9.42. The first-order valence-corrected chi connectivity index (χ1v) is 12.1. The number of amides is 4. The summed E-state index contributed by atoms with van der Waals surface area (Å²) in [5.41, 5.74) is 0.524. The Morgan fingerprint density at radius 1 is 1.03 bits per heavy atom. The highest BCUT2D eigenvalue weighted by atomic mass is 19.4. The Balaban J connectivity index is 1.72. The van der Waals surface area contributed by atoms with Crippen molar-refractivity contribution in [2.75, 3.05) is 13.2 Å². The summed E-state index contributed by atoms with van der Waals surface area (Å²) < 4.78 is 67.2. The second-order valence-electron chi connectivity index (χ2n) is 9.42. The van der Waals surface area contributed by atoms with Crippen LogP contribution in [0.15, 0.2) is 30.3 Å². The number of carbonyl (C=O) groups is 5. The largest absolute Gasteiger partial charge is 0.522 e. The van der Waals surface area contributed by atoms with Crippen LogP contribution in [0.4, 0.5) is 22.0 Å². The average Bonchev–Trinajstić information content (AvgIpc) is 3.24. The summed E-state index contributed by atoms with van der Waals surface area (Å²) in [7, 11) is 0. The Bertz CT molecular complexity index is 1080. The van der Waals surface area contributed by atoms with Gasteiger partial charge in [0.1, 0.15) is 12.6 Å². The van der Waals surface area contributed by atoms with Gasteiger partial charge in [-0.2, -0.15) is 0 Å². The monoisotopic (exact) mass is 562 g/mol. The van der Waals surface area contributed by atoms with E-state index in [-0.39, 0.29) is 25.8 Å². The molecule has 1 aliphatic carbocycles. The maximum Gasteiger partial charge on any atom is 0.522 e. The molecule has 3 rings (SSSR count). The van der Waals surface area contributed by atoms with Gasteiger partial charge >= 0.3 is 18.2 Å². The summed E-state index contributed by atoms with van der Waals surface area (Å²) in [6.07, 6.45) is -6.62. The van der Waals surface area contributed by atoms with Gasteiger partial charge in [0.05, 0.1) is 6.04 Å². The molecule has 2 fully saturated rings. The zero-order valence-electron chi connectivity index (χ0n) is 20.5. The number of hydrogen-bond donors (Lipinski definition) is 4. The summed E-state index contributed by atoms with van der Waals surface area (Å²) in [4.78, 5) is 62.4. The molecule has 15 heteroatoms. The summed E-state index contributed by atoms with van der Waals surface area (Å²) in [6, 6.07) is 4.18. The lowest BCUT2D eigenvalue weighted by molar-refractivity contribution is -0.321. The van der Waals surface area contributed by atoms with Crippen LogP contribution in [-0.2, 0) is 35.1 Å². The Kier molecular flexibility index (Phi) is 9.59. The van der Waals surface area contributed by atoms with Gasteiger partial charge in [0.2, 0.25) is 11.8 Å². The molecule has 10 nitrogen and oxygen atoms in total. The molecule has 0 bridgehead atoms. The SMILES string of the molecule is O=C(NC1CC(F)(F)C1)C(=O)N[C@@H](Cc1ccccc1)C(=O)N[C@@H](C[C@@H]1CCNC1=O)C(=O)COC(F)(F)F. The van der Waals surface area contributed by atoms with Gasteiger partial charge in [-0.3, -0.25) is 28.7 Å². The lowest BCUT2D eigenvalue weighted by Gasteiger charge is -2.35. The van der Waals surface area contributed by atoms with E-state index in [0.717, 1.165) is 0 Å². The number of alkyl halides is 5. The molecule has 1 aromatic rings. The summed E-state index contributed by atoms with van der Waals surface area (Å²) in [5.74, 6) is -8.88. The Morgan fingerprint density at radius 3 is 2.26 bits per heavy atom. The van der Waals surface area contributed by atoms with Gasteiger partial charge in [0.25, 0.3) is 5.92 Å². The molecule has 1 aliphatic heterocycles. The third-order valence-electron chi connectivity index (χ3n) is 6.30. The molecule has 2 aliphatic rings. The van der Waals surface area contributed by atoms with Gasteiger partial charge < -0.3 is 21.3 Å². The van der Waals surface area contributed by atoms with Crippen molar-refractivity contribution in [3.8, 4) is 0 Å². The van der Waals surface area contributed by atoms with Crippen molar-refractivity contribution in [2.45, 2.75) is 62.5 Å². The smallest absolute Gasteiger partial charge is 0.356 e. The number of ether oxygens (including phenoxy) is 1. The Hall–Kier alpha value is -3.62. The first kappa shape index (κ1) is 29.9. The molecule has 0 aromatic heterocycles. The van der Waals surface area contributed by atoms with Crippen LogP contribution >= 0.6 is 0 Å². The number of Topliss-reactive ketones (excluding diaryl/α,β-unsaturated/α-hetero) is 1. The minimum absolute atomic E-state index is 0.183. The predicted octanol–water partition coefficient (Wildman–Crippen LogP) is 0.744. The fourth-order valence-corrected chi connectivity index (χ4v) is 4.25. The minimum atomic E-state index is -5.11. The van der Waals surface area contributed by atoms with Crippen molar-refractivity contribution in [1.29, 1.82) is 0 Å². The minimum Gasteiger partial charge on any atom is -0.356 e. The maximum absolute atomic E-state index is 13.2. The van der Waals surface area contributed by atoms with Crippen molar-refractivity contribution in [3.63, 3.8) is 0 Å². The van der Waals surface area contributed by atoms with Crippen LogP contribution in [0, 0.1) is 5.92 Å². The lowest BCUT2D eigenvalue weighted by atomic mass is 9.88. The van der Waals surface area contributed by atoms with Crippen LogP contribution in [0.5, 0.6) is 0 Å². The van der Waals surface area contributed by atoms with E-state index < -0.39 is 85.2 Å². The van der Waals surface area contributed by atoms with Crippen molar-refractivity contribution in [2.24, 2.45) is 5.92 Å². The third-order valence-corrected chi connectivity index (χ3v) is 6.30. The van der Waals surface area contributed by atoms with Crippen LogP contribution in [-0.4, -0.2) is 73.0 Å². The van der Waals surface area contributed by atoms with Crippen molar-refractivity contribution >= 4 is 29.4 Å². The van der Waals surface area contributed by atoms with Gasteiger partial charge in [-0.25, -0.2) is 8.78 Å². The number of rotatable bonds is 11. The molecule has 1 saturated heterocycles. The maximum atomic E-state index is 13.2. The van der Waals surface area contributed by atoms with Crippen LogP contribution in [0.1, 0.15) is 31.2 Å². The highest BCUT2D eigenvalue weighted by Gasteiger charge is 2.46. The summed E-state index contributed by atoms with van der Waals surface area (Å²) >= 11 is 0. The van der Waals surface area contributed by atoms with E-state index in [1.807, 2.05) is 0 Å². The molecule has 4 amide bonds. The van der Waals surface area contributed by atoms with E-state index in [9.17, 15) is 45.9 Å². The van der Waals surface area contributed by atoms with Crippen LogP contribution in [0.3, 0.4) is 0 Å². The number of benzene rings is 1.